The fraction of sp³-hybridized carbons (Fsp3) is 0.320. The number of carbonyl (C=O) groups is 1. The molecule has 3 rings (SSSR count). The first-order valence-electron chi connectivity index (χ1n) is 10.3. The Hall–Kier alpha value is -3.05. The van der Waals surface area contributed by atoms with E-state index in [1.807, 2.05) is 30.5 Å². The molecule has 1 aliphatic rings. The van der Waals surface area contributed by atoms with Gasteiger partial charge in [0.25, 0.3) is 5.91 Å². The summed E-state index contributed by atoms with van der Waals surface area (Å²) in [7, 11) is 3.16. The molecule has 0 aliphatic carbocycles. The van der Waals surface area contributed by atoms with E-state index in [1.165, 1.54) is 18.4 Å². The molecule has 1 amide bonds. The van der Waals surface area contributed by atoms with Gasteiger partial charge in [0.1, 0.15) is 0 Å². The van der Waals surface area contributed by atoms with Crippen LogP contribution >= 0.6 is 0 Å². The second kappa shape index (κ2) is 11.2. The van der Waals surface area contributed by atoms with Crippen molar-refractivity contribution in [2.75, 3.05) is 34.0 Å². The Kier molecular flexibility index (Phi) is 8.10. The molecule has 1 aliphatic heterocycles. The van der Waals surface area contributed by atoms with Gasteiger partial charge < -0.3 is 14.4 Å². The Morgan fingerprint density at radius 1 is 1.00 bits per heavy atom. The normalized spacial score (nSPS) is 14.5. The summed E-state index contributed by atoms with van der Waals surface area (Å²) in [6.45, 7) is 2.64. The van der Waals surface area contributed by atoms with E-state index in [-0.39, 0.29) is 5.91 Å². The number of hydrogen-bond donors (Lipinski definition) is 0. The average molecular weight is 407 g/mol. The minimum Gasteiger partial charge on any atom is -0.493 e. The zero-order valence-corrected chi connectivity index (χ0v) is 17.8. The van der Waals surface area contributed by atoms with Gasteiger partial charge in [0, 0.05) is 11.8 Å². The molecule has 1 heterocycles. The summed E-state index contributed by atoms with van der Waals surface area (Å²) >= 11 is 0. The van der Waals surface area contributed by atoms with Crippen LogP contribution in [0.3, 0.4) is 0 Å². The first kappa shape index (κ1) is 21.7. The lowest BCUT2D eigenvalue weighted by Crippen LogP contribution is -2.37. The number of carbonyl (C=O) groups excluding carboxylic acids is 1. The molecule has 2 aromatic rings. The molecule has 158 valence electrons. The van der Waals surface area contributed by atoms with E-state index in [2.05, 4.69) is 29.2 Å². The number of rotatable bonds is 9. The van der Waals surface area contributed by atoms with E-state index >= 15 is 0 Å². The minimum absolute atomic E-state index is 0.0499. The maximum absolute atomic E-state index is 13.2. The molecule has 1 saturated heterocycles. The van der Waals surface area contributed by atoms with Crippen molar-refractivity contribution in [3.63, 3.8) is 0 Å². The highest BCUT2D eigenvalue weighted by atomic mass is 16.5. The van der Waals surface area contributed by atoms with Crippen LogP contribution in [0.25, 0.3) is 6.08 Å². The maximum Gasteiger partial charge on any atom is 0.259 e. The molecule has 1 fully saturated rings. The van der Waals surface area contributed by atoms with Gasteiger partial charge >= 0.3 is 0 Å². The third-order valence-corrected chi connectivity index (χ3v) is 5.11. The average Bonchev–Trinajstić information content (AvgIpc) is 3.31. The number of likely N-dealkylation sites (tertiary alicyclic amines) is 1. The molecular formula is C25H30N2O3. The first-order chi connectivity index (χ1) is 14.7. The van der Waals surface area contributed by atoms with E-state index in [0.29, 0.717) is 23.7 Å². The number of ether oxygens (including phenoxy) is 2. The monoisotopic (exact) mass is 406 g/mol. The maximum atomic E-state index is 13.2. The fourth-order valence-corrected chi connectivity index (χ4v) is 3.49. The van der Waals surface area contributed by atoms with Crippen molar-refractivity contribution in [3.05, 3.63) is 78.0 Å². The van der Waals surface area contributed by atoms with Gasteiger partial charge in [0.15, 0.2) is 11.5 Å². The molecule has 0 N–H and O–H groups in total. The molecule has 0 spiro atoms. The molecule has 0 atom stereocenters. The smallest absolute Gasteiger partial charge is 0.259 e. The molecule has 30 heavy (non-hydrogen) atoms. The minimum atomic E-state index is -0.0499. The molecule has 0 radical (unpaired) electrons. The number of nitrogens with zero attached hydrogens (tertiary/aromatic N) is 2. The van der Waals surface area contributed by atoms with Gasteiger partial charge in [-0.15, -0.1) is 0 Å². The quantitative estimate of drug-likeness (QED) is 0.599. The summed E-state index contributed by atoms with van der Waals surface area (Å²) in [6.07, 6.45) is 11.2. The first-order valence-corrected chi connectivity index (χ1v) is 10.3. The Morgan fingerprint density at radius 2 is 1.73 bits per heavy atom. The van der Waals surface area contributed by atoms with Crippen LogP contribution in [0, 0.1) is 0 Å². The molecule has 0 unspecified atom stereocenters. The molecule has 0 saturated carbocycles. The highest BCUT2D eigenvalue weighted by Gasteiger charge is 2.20. The molecular weight excluding hydrogens is 376 g/mol. The van der Waals surface area contributed by atoms with Gasteiger partial charge in [-0.1, -0.05) is 48.6 Å². The lowest BCUT2D eigenvalue weighted by Gasteiger charge is -2.25. The van der Waals surface area contributed by atoms with E-state index in [0.717, 1.165) is 19.5 Å². The highest BCUT2D eigenvalue weighted by molar-refractivity contribution is 5.95. The van der Waals surface area contributed by atoms with Gasteiger partial charge in [-0.2, -0.15) is 0 Å². The van der Waals surface area contributed by atoms with Crippen LogP contribution in [-0.2, 0) is 0 Å². The molecule has 5 heteroatoms. The third-order valence-electron chi connectivity index (χ3n) is 5.11. The molecule has 0 aromatic heterocycles. The van der Waals surface area contributed by atoms with Crippen LogP contribution in [0.1, 0.15) is 35.2 Å². The number of hydrogen-bond acceptors (Lipinski definition) is 4. The van der Waals surface area contributed by atoms with Crippen LogP contribution in [0.4, 0.5) is 0 Å². The number of methoxy groups -OCH3 is 2. The number of amides is 1. The largest absolute Gasteiger partial charge is 0.493 e. The summed E-state index contributed by atoms with van der Waals surface area (Å²) in [4.78, 5) is 17.3. The van der Waals surface area contributed by atoms with E-state index in [1.54, 1.807) is 37.3 Å². The van der Waals surface area contributed by atoms with Gasteiger partial charge in [-0.3, -0.25) is 9.69 Å². The molecule has 5 nitrogen and oxygen atoms in total. The Labute approximate surface area is 179 Å². The molecule has 2 aromatic carbocycles. The van der Waals surface area contributed by atoms with Crippen LogP contribution in [0.15, 0.2) is 66.9 Å². The van der Waals surface area contributed by atoms with E-state index in [4.69, 9.17) is 9.47 Å². The Bertz CT molecular complexity index is 871. The standard InChI is InChI=1S/C25H30N2O3/c1-29-23-15-14-22(19-24(23)30-2)25(28)27(20-26-16-9-10-17-26)18-8-4-7-13-21-11-5-3-6-12-21/h3,5-8,11-15,18-19H,4,9-10,16-17,20H2,1-2H3. The van der Waals surface area contributed by atoms with Crippen molar-refractivity contribution in [2.24, 2.45) is 0 Å². The van der Waals surface area contributed by atoms with Crippen molar-refractivity contribution < 1.29 is 14.3 Å². The van der Waals surface area contributed by atoms with Crippen LogP contribution in [0.5, 0.6) is 11.5 Å². The summed E-state index contributed by atoms with van der Waals surface area (Å²) in [5, 5.41) is 0. The molecule has 0 bridgehead atoms. The lowest BCUT2D eigenvalue weighted by atomic mass is 10.1. The fourth-order valence-electron chi connectivity index (χ4n) is 3.49. The summed E-state index contributed by atoms with van der Waals surface area (Å²) in [6, 6.07) is 15.5. The highest BCUT2D eigenvalue weighted by Crippen LogP contribution is 2.28. The van der Waals surface area contributed by atoms with Crippen molar-refractivity contribution >= 4 is 12.0 Å². The number of allylic oxidation sites excluding steroid dienone is 2. The van der Waals surface area contributed by atoms with Crippen LogP contribution < -0.4 is 9.47 Å². The Balaban J connectivity index is 1.71. The van der Waals surface area contributed by atoms with Gasteiger partial charge in [-0.25, -0.2) is 0 Å². The van der Waals surface area contributed by atoms with Crippen LogP contribution in [0.2, 0.25) is 0 Å². The number of benzene rings is 2. The topological polar surface area (TPSA) is 42.0 Å². The van der Waals surface area contributed by atoms with E-state index < -0.39 is 0 Å². The van der Waals surface area contributed by atoms with Crippen molar-refractivity contribution in [1.29, 1.82) is 0 Å². The Morgan fingerprint density at radius 3 is 2.43 bits per heavy atom. The van der Waals surface area contributed by atoms with Gasteiger partial charge in [0.2, 0.25) is 0 Å². The van der Waals surface area contributed by atoms with Gasteiger partial charge in [-0.05, 0) is 56.1 Å². The van der Waals surface area contributed by atoms with Gasteiger partial charge in [0.05, 0.1) is 20.9 Å². The van der Waals surface area contributed by atoms with Crippen molar-refractivity contribution in [1.82, 2.24) is 9.80 Å². The second-order valence-corrected chi connectivity index (χ2v) is 7.24. The van der Waals surface area contributed by atoms with Crippen LogP contribution in [-0.4, -0.2) is 49.7 Å². The summed E-state index contributed by atoms with van der Waals surface area (Å²) in [5.41, 5.74) is 1.75. The zero-order valence-electron chi connectivity index (χ0n) is 17.8. The summed E-state index contributed by atoms with van der Waals surface area (Å²) < 4.78 is 10.6. The predicted octanol–water partition coefficient (Wildman–Crippen LogP) is 4.82. The lowest BCUT2D eigenvalue weighted by molar-refractivity contribution is 0.0748. The summed E-state index contributed by atoms with van der Waals surface area (Å²) in [5.74, 6) is 1.12. The van der Waals surface area contributed by atoms with E-state index in [9.17, 15) is 4.79 Å². The van der Waals surface area contributed by atoms with Crippen molar-refractivity contribution in [2.45, 2.75) is 19.3 Å². The SMILES string of the molecule is COc1ccc(C(=O)N(C=CCC=Cc2ccccc2)CN2CCCC2)cc1OC. The predicted molar refractivity (Wildman–Crippen MR) is 121 cm³/mol. The third kappa shape index (κ3) is 5.97. The second-order valence-electron chi connectivity index (χ2n) is 7.24. The van der Waals surface area contributed by atoms with Crippen molar-refractivity contribution in [3.8, 4) is 11.5 Å². The zero-order chi connectivity index (χ0) is 21.2.